The van der Waals surface area contributed by atoms with Crippen molar-refractivity contribution in [3.05, 3.63) is 70.3 Å². The smallest absolute Gasteiger partial charge is 0.276 e. The Morgan fingerprint density at radius 3 is 2.61 bits per heavy atom. The van der Waals surface area contributed by atoms with Gasteiger partial charge in [-0.1, -0.05) is 41.9 Å². The van der Waals surface area contributed by atoms with Crippen molar-refractivity contribution < 1.29 is 14.3 Å². The first-order valence-electron chi connectivity index (χ1n) is 8.38. The Balaban J connectivity index is 1.74. The Bertz CT molecular complexity index is 915. The van der Waals surface area contributed by atoms with Crippen LogP contribution in [0.4, 0.5) is 0 Å². The van der Waals surface area contributed by atoms with Crippen LogP contribution in [-0.2, 0) is 9.59 Å². The summed E-state index contributed by atoms with van der Waals surface area (Å²) in [5.41, 5.74) is 7.55. The Kier molecular flexibility index (Phi) is 7.98. The molecule has 0 fully saturated rings. The van der Waals surface area contributed by atoms with Gasteiger partial charge in [0.1, 0.15) is 5.75 Å². The van der Waals surface area contributed by atoms with Crippen LogP contribution in [0.1, 0.15) is 16.7 Å². The van der Waals surface area contributed by atoms with Crippen molar-refractivity contribution in [3.63, 3.8) is 0 Å². The summed E-state index contributed by atoms with van der Waals surface area (Å²) in [4.78, 5) is 23.7. The predicted molar refractivity (Wildman–Crippen MR) is 114 cm³/mol. The molecule has 146 valence electrons. The Hall–Kier alpha value is -2.90. The largest absolute Gasteiger partial charge is 0.483 e. The summed E-state index contributed by atoms with van der Waals surface area (Å²) >= 11 is 11.0. The third-order valence-corrected chi connectivity index (χ3v) is 4.33. The fourth-order valence-electron chi connectivity index (χ4n) is 2.15. The lowest BCUT2D eigenvalue weighted by molar-refractivity contribution is -0.123. The second kappa shape index (κ2) is 10.4. The van der Waals surface area contributed by atoms with Crippen molar-refractivity contribution in [1.29, 1.82) is 0 Å². The third kappa shape index (κ3) is 6.68. The number of carbonyl (C=O) groups is 2. The van der Waals surface area contributed by atoms with Crippen LogP contribution in [-0.4, -0.2) is 23.5 Å². The molecule has 2 amide bonds. The molecular weight excluding hydrogens is 398 g/mol. The van der Waals surface area contributed by atoms with Crippen LogP contribution in [0.2, 0.25) is 5.02 Å². The highest BCUT2D eigenvalue weighted by Crippen LogP contribution is 2.20. The maximum Gasteiger partial charge on any atom is 0.276 e. The first kappa shape index (κ1) is 21.4. The van der Waals surface area contributed by atoms with Gasteiger partial charge in [-0.15, -0.1) is 0 Å². The van der Waals surface area contributed by atoms with Gasteiger partial charge in [0, 0.05) is 11.1 Å². The van der Waals surface area contributed by atoms with Gasteiger partial charge in [-0.05, 0) is 61.0 Å². The van der Waals surface area contributed by atoms with E-state index in [-0.39, 0.29) is 11.7 Å². The number of ether oxygens (including phenoxy) is 1. The van der Waals surface area contributed by atoms with Crippen molar-refractivity contribution in [1.82, 2.24) is 16.2 Å². The number of nitrogens with one attached hydrogen (secondary N) is 3. The second-order valence-electron chi connectivity index (χ2n) is 5.83. The van der Waals surface area contributed by atoms with Gasteiger partial charge >= 0.3 is 0 Å². The monoisotopic (exact) mass is 417 g/mol. The molecule has 2 aromatic carbocycles. The molecule has 0 heterocycles. The maximum atomic E-state index is 11.9. The number of hydrogen-bond acceptors (Lipinski definition) is 4. The predicted octanol–water partition coefficient (Wildman–Crippen LogP) is 3.07. The maximum absolute atomic E-state index is 11.9. The zero-order valence-electron chi connectivity index (χ0n) is 15.4. The molecule has 0 saturated heterocycles. The topological polar surface area (TPSA) is 79.5 Å². The lowest BCUT2D eigenvalue weighted by Gasteiger charge is -2.12. The van der Waals surface area contributed by atoms with Crippen molar-refractivity contribution in [3.8, 4) is 5.75 Å². The fraction of sp³-hybridized carbons (Fsp3) is 0.150. The van der Waals surface area contributed by atoms with Gasteiger partial charge in [0.25, 0.3) is 5.91 Å². The van der Waals surface area contributed by atoms with E-state index in [2.05, 4.69) is 16.2 Å². The first-order chi connectivity index (χ1) is 13.4. The summed E-state index contributed by atoms with van der Waals surface area (Å²) in [6, 6.07) is 12.7. The number of thiocarbonyl (C=S) groups is 1. The van der Waals surface area contributed by atoms with E-state index in [4.69, 9.17) is 28.6 Å². The Morgan fingerprint density at radius 2 is 1.86 bits per heavy atom. The molecule has 28 heavy (non-hydrogen) atoms. The van der Waals surface area contributed by atoms with Gasteiger partial charge in [0.15, 0.2) is 11.7 Å². The van der Waals surface area contributed by atoms with Crippen molar-refractivity contribution in [2.45, 2.75) is 13.8 Å². The normalized spacial score (nSPS) is 10.4. The summed E-state index contributed by atoms with van der Waals surface area (Å²) in [6.45, 7) is 3.69. The number of aryl methyl sites for hydroxylation is 1. The molecule has 2 rings (SSSR count). The zero-order valence-corrected chi connectivity index (χ0v) is 17.0. The Morgan fingerprint density at radius 1 is 1.11 bits per heavy atom. The van der Waals surface area contributed by atoms with E-state index in [1.165, 1.54) is 6.08 Å². The molecule has 0 bridgehead atoms. The molecule has 8 heteroatoms. The lowest BCUT2D eigenvalue weighted by atomic mass is 10.1. The summed E-state index contributed by atoms with van der Waals surface area (Å²) in [7, 11) is 0. The average Bonchev–Trinajstić information content (AvgIpc) is 2.67. The zero-order chi connectivity index (χ0) is 20.5. The van der Waals surface area contributed by atoms with E-state index in [9.17, 15) is 9.59 Å². The molecule has 0 atom stereocenters. The van der Waals surface area contributed by atoms with E-state index >= 15 is 0 Å². The standard InChI is InChI=1S/C20H20ClN3O3S/c1-13-6-5-9-17(14(13)2)27-12-19(26)23-24-20(28)22-18(25)11-10-15-7-3-4-8-16(15)21/h3-11H,12H2,1-2H3,(H,23,26)(H2,22,24,25,28)/b11-10+. The SMILES string of the molecule is Cc1cccc(OCC(=O)NNC(=S)NC(=O)/C=C/c2ccccc2Cl)c1C. The number of benzene rings is 2. The van der Waals surface area contributed by atoms with Crippen LogP contribution in [0.3, 0.4) is 0 Å². The van der Waals surface area contributed by atoms with E-state index in [0.717, 1.165) is 11.1 Å². The van der Waals surface area contributed by atoms with Crippen molar-refractivity contribution in [2.24, 2.45) is 0 Å². The highest BCUT2D eigenvalue weighted by atomic mass is 35.5. The highest BCUT2D eigenvalue weighted by molar-refractivity contribution is 7.80. The molecule has 3 N–H and O–H groups in total. The summed E-state index contributed by atoms with van der Waals surface area (Å²) in [6.07, 6.45) is 2.86. The van der Waals surface area contributed by atoms with Gasteiger partial charge in [-0.25, -0.2) is 0 Å². The van der Waals surface area contributed by atoms with Crippen LogP contribution in [0, 0.1) is 13.8 Å². The second-order valence-corrected chi connectivity index (χ2v) is 6.65. The molecule has 0 aliphatic heterocycles. The average molecular weight is 418 g/mol. The molecule has 0 aliphatic rings. The molecule has 0 spiro atoms. The quantitative estimate of drug-likeness (QED) is 0.396. The van der Waals surface area contributed by atoms with Crippen LogP contribution in [0.15, 0.2) is 48.5 Å². The minimum Gasteiger partial charge on any atom is -0.483 e. The first-order valence-corrected chi connectivity index (χ1v) is 9.17. The van der Waals surface area contributed by atoms with Crippen LogP contribution in [0.5, 0.6) is 5.75 Å². The highest BCUT2D eigenvalue weighted by Gasteiger charge is 2.07. The molecule has 0 radical (unpaired) electrons. The lowest BCUT2D eigenvalue weighted by Crippen LogP contribution is -2.49. The number of hydrazine groups is 1. The van der Waals surface area contributed by atoms with Gasteiger partial charge < -0.3 is 4.74 Å². The van der Waals surface area contributed by atoms with Gasteiger partial charge in [0.2, 0.25) is 5.91 Å². The molecule has 0 aliphatic carbocycles. The molecule has 0 aromatic heterocycles. The van der Waals surface area contributed by atoms with E-state index in [1.807, 2.05) is 32.0 Å². The van der Waals surface area contributed by atoms with Crippen LogP contribution < -0.4 is 20.9 Å². The number of amides is 2. The summed E-state index contributed by atoms with van der Waals surface area (Å²) in [5.74, 6) is -0.266. The van der Waals surface area contributed by atoms with Gasteiger partial charge in [-0.2, -0.15) is 0 Å². The van der Waals surface area contributed by atoms with E-state index in [1.54, 1.807) is 30.3 Å². The summed E-state index contributed by atoms with van der Waals surface area (Å²) < 4.78 is 5.49. The minimum atomic E-state index is -0.460. The molecule has 0 saturated carbocycles. The van der Waals surface area contributed by atoms with Crippen molar-refractivity contribution >= 4 is 46.8 Å². The minimum absolute atomic E-state index is 0.0473. The molecule has 2 aromatic rings. The van der Waals surface area contributed by atoms with Gasteiger partial charge in [-0.3, -0.25) is 25.8 Å². The van der Waals surface area contributed by atoms with Crippen LogP contribution in [0.25, 0.3) is 6.08 Å². The number of halogens is 1. The van der Waals surface area contributed by atoms with Crippen LogP contribution >= 0.6 is 23.8 Å². The number of rotatable bonds is 5. The van der Waals surface area contributed by atoms with Gasteiger partial charge in [0.05, 0.1) is 0 Å². The number of hydrogen-bond donors (Lipinski definition) is 3. The number of carbonyl (C=O) groups excluding carboxylic acids is 2. The van der Waals surface area contributed by atoms with E-state index in [0.29, 0.717) is 16.3 Å². The molecule has 0 unspecified atom stereocenters. The van der Waals surface area contributed by atoms with Crippen molar-refractivity contribution in [2.75, 3.05) is 6.61 Å². The summed E-state index contributed by atoms with van der Waals surface area (Å²) in [5, 5.41) is 2.89. The molecular formula is C20H20ClN3O3S. The Labute approximate surface area is 173 Å². The molecule has 6 nitrogen and oxygen atoms in total. The third-order valence-electron chi connectivity index (χ3n) is 3.79. The van der Waals surface area contributed by atoms with E-state index < -0.39 is 11.8 Å². The fourth-order valence-corrected chi connectivity index (χ4v) is 2.50.